The van der Waals surface area contributed by atoms with Gasteiger partial charge in [0.25, 0.3) is 0 Å². The van der Waals surface area contributed by atoms with Crippen LogP contribution in [0.3, 0.4) is 0 Å². The molecule has 1 aromatic carbocycles. The first-order valence-corrected chi connectivity index (χ1v) is 8.50. The molecule has 17 heavy (non-hydrogen) atoms. The van der Waals surface area contributed by atoms with Crippen LogP contribution in [-0.2, 0) is 16.4 Å². The number of hydrogen-bond acceptors (Lipinski definition) is 4. The van der Waals surface area contributed by atoms with Gasteiger partial charge < -0.3 is 5.73 Å². The lowest BCUT2D eigenvalue weighted by Crippen LogP contribution is -2.09. The summed E-state index contributed by atoms with van der Waals surface area (Å²) in [5, 5.41) is 0. The molecular weight excluding hydrogens is 254 g/mol. The number of rotatable bonds is 7. The van der Waals surface area contributed by atoms with Crippen molar-refractivity contribution < 1.29 is 8.42 Å². The summed E-state index contributed by atoms with van der Waals surface area (Å²) in [6, 6.07) is 8.07. The molecule has 2 N–H and O–H groups in total. The van der Waals surface area contributed by atoms with Crippen LogP contribution in [0.2, 0.25) is 0 Å². The fourth-order valence-electron chi connectivity index (χ4n) is 1.33. The van der Waals surface area contributed by atoms with Crippen LogP contribution in [0.1, 0.15) is 18.9 Å². The van der Waals surface area contributed by atoms with Gasteiger partial charge in [-0.05, 0) is 29.9 Å². The van der Waals surface area contributed by atoms with Crippen molar-refractivity contribution in [2.45, 2.75) is 24.8 Å². The van der Waals surface area contributed by atoms with Gasteiger partial charge in [0.1, 0.15) is 9.84 Å². The van der Waals surface area contributed by atoms with Gasteiger partial charge in [-0.25, -0.2) is 8.42 Å². The first-order valence-electron chi connectivity index (χ1n) is 5.69. The van der Waals surface area contributed by atoms with Crippen LogP contribution in [0, 0.1) is 0 Å². The van der Waals surface area contributed by atoms with Crippen molar-refractivity contribution in [3.05, 3.63) is 29.8 Å². The van der Waals surface area contributed by atoms with Gasteiger partial charge in [0.15, 0.2) is 0 Å². The highest BCUT2D eigenvalue weighted by Crippen LogP contribution is 2.19. The number of hydrogen-bond donors (Lipinski definition) is 1. The Bertz CT molecular complexity index is 426. The van der Waals surface area contributed by atoms with E-state index < -0.39 is 9.84 Å². The predicted molar refractivity (Wildman–Crippen MR) is 74.0 cm³/mol. The molecule has 0 bridgehead atoms. The van der Waals surface area contributed by atoms with E-state index in [4.69, 9.17) is 5.73 Å². The third-order valence-corrected chi connectivity index (χ3v) is 5.36. The second kappa shape index (κ2) is 7.03. The first kappa shape index (κ1) is 14.5. The molecule has 0 atom stereocenters. The van der Waals surface area contributed by atoms with E-state index in [0.717, 1.165) is 16.2 Å². The van der Waals surface area contributed by atoms with Crippen LogP contribution < -0.4 is 5.73 Å². The van der Waals surface area contributed by atoms with Crippen LogP contribution in [0.25, 0.3) is 0 Å². The number of sulfone groups is 1. The molecule has 0 aromatic heterocycles. The maximum atomic E-state index is 11.3. The maximum Gasteiger partial charge on any atom is 0.150 e. The minimum absolute atomic E-state index is 0.239. The van der Waals surface area contributed by atoms with Gasteiger partial charge in [-0.15, -0.1) is 11.8 Å². The van der Waals surface area contributed by atoms with Crippen LogP contribution in [0.5, 0.6) is 0 Å². The zero-order valence-electron chi connectivity index (χ0n) is 10.1. The van der Waals surface area contributed by atoms with Crippen LogP contribution >= 0.6 is 11.8 Å². The van der Waals surface area contributed by atoms with Crippen molar-refractivity contribution in [2.24, 2.45) is 5.73 Å². The Morgan fingerprint density at radius 3 is 2.41 bits per heavy atom. The monoisotopic (exact) mass is 273 g/mol. The quantitative estimate of drug-likeness (QED) is 0.610. The minimum atomic E-state index is -2.81. The first-order chi connectivity index (χ1) is 8.07. The summed E-state index contributed by atoms with van der Waals surface area (Å²) in [6.45, 7) is 2.24. The van der Waals surface area contributed by atoms with Crippen LogP contribution in [0.15, 0.2) is 29.2 Å². The van der Waals surface area contributed by atoms with E-state index in [1.54, 1.807) is 18.7 Å². The second-order valence-electron chi connectivity index (χ2n) is 3.79. The number of benzene rings is 1. The van der Waals surface area contributed by atoms with Crippen LogP contribution in [-0.4, -0.2) is 25.7 Å². The normalized spacial score (nSPS) is 11.6. The van der Waals surface area contributed by atoms with Gasteiger partial charge in [-0.1, -0.05) is 19.1 Å². The van der Waals surface area contributed by atoms with Gasteiger partial charge in [-0.3, -0.25) is 0 Å². The minimum Gasteiger partial charge on any atom is -0.326 e. The summed E-state index contributed by atoms with van der Waals surface area (Å²) >= 11 is 1.69. The molecule has 1 rings (SSSR count). The molecule has 0 aliphatic heterocycles. The highest BCUT2D eigenvalue weighted by molar-refractivity contribution is 7.99. The molecule has 1 aromatic rings. The molecule has 96 valence electrons. The molecule has 0 unspecified atom stereocenters. The summed E-state index contributed by atoms with van der Waals surface area (Å²) in [5.41, 5.74) is 6.63. The van der Waals surface area contributed by atoms with Crippen molar-refractivity contribution in [1.82, 2.24) is 0 Å². The lowest BCUT2D eigenvalue weighted by molar-refractivity contribution is 0.596. The van der Waals surface area contributed by atoms with Gasteiger partial charge in [-0.2, -0.15) is 0 Å². The lowest BCUT2D eigenvalue weighted by atomic mass is 10.2. The maximum absolute atomic E-state index is 11.3. The van der Waals surface area contributed by atoms with E-state index in [1.165, 1.54) is 0 Å². The standard InChI is InChI=1S/C12H19NO2S2/c1-2-17(14,15)9-3-8-16-12-6-4-11(10-13)5-7-12/h4-7H,2-3,8-10,13H2,1H3. The Morgan fingerprint density at radius 1 is 1.24 bits per heavy atom. The van der Waals surface area contributed by atoms with E-state index in [-0.39, 0.29) is 11.5 Å². The molecule has 0 aliphatic rings. The molecular formula is C12H19NO2S2. The average molecular weight is 273 g/mol. The number of thioether (sulfide) groups is 1. The molecule has 0 amide bonds. The van der Waals surface area contributed by atoms with E-state index in [1.807, 2.05) is 24.3 Å². The third-order valence-electron chi connectivity index (χ3n) is 2.47. The Kier molecular flexibility index (Phi) is 6.02. The molecule has 0 fully saturated rings. The third kappa shape index (κ3) is 5.57. The largest absolute Gasteiger partial charge is 0.326 e. The Balaban J connectivity index is 2.31. The fourth-order valence-corrected chi connectivity index (χ4v) is 3.24. The molecule has 0 heterocycles. The van der Waals surface area contributed by atoms with Gasteiger partial charge in [0, 0.05) is 17.2 Å². The Labute approximate surface area is 108 Å². The lowest BCUT2D eigenvalue weighted by Gasteiger charge is -2.03. The number of nitrogens with two attached hydrogens (primary N) is 1. The van der Waals surface area contributed by atoms with Gasteiger partial charge in [0.05, 0.1) is 5.75 Å². The topological polar surface area (TPSA) is 60.2 Å². The zero-order valence-corrected chi connectivity index (χ0v) is 11.7. The van der Waals surface area contributed by atoms with Crippen molar-refractivity contribution in [2.75, 3.05) is 17.3 Å². The van der Waals surface area contributed by atoms with Crippen molar-refractivity contribution in [3.8, 4) is 0 Å². The van der Waals surface area contributed by atoms with Crippen molar-refractivity contribution in [3.63, 3.8) is 0 Å². The predicted octanol–water partition coefficient (Wildman–Crippen LogP) is 2.06. The summed E-state index contributed by atoms with van der Waals surface area (Å²) in [7, 11) is -2.81. The summed E-state index contributed by atoms with van der Waals surface area (Å²) in [5.74, 6) is 1.36. The molecule has 5 heteroatoms. The van der Waals surface area contributed by atoms with Crippen molar-refractivity contribution in [1.29, 1.82) is 0 Å². The second-order valence-corrected chi connectivity index (χ2v) is 7.43. The molecule has 0 aliphatic carbocycles. The Hall–Kier alpha value is -0.520. The highest BCUT2D eigenvalue weighted by Gasteiger charge is 2.06. The van der Waals surface area contributed by atoms with Gasteiger partial charge in [0.2, 0.25) is 0 Å². The van der Waals surface area contributed by atoms with E-state index in [0.29, 0.717) is 13.0 Å². The highest BCUT2D eigenvalue weighted by atomic mass is 32.2. The summed E-state index contributed by atoms with van der Waals surface area (Å²) in [6.07, 6.45) is 0.708. The smallest absolute Gasteiger partial charge is 0.150 e. The van der Waals surface area contributed by atoms with E-state index in [9.17, 15) is 8.42 Å². The van der Waals surface area contributed by atoms with E-state index in [2.05, 4.69) is 0 Å². The molecule has 0 saturated heterocycles. The molecule has 0 saturated carbocycles. The van der Waals surface area contributed by atoms with Crippen LogP contribution in [0.4, 0.5) is 0 Å². The average Bonchev–Trinajstić information content (AvgIpc) is 2.35. The molecule has 3 nitrogen and oxygen atoms in total. The SMILES string of the molecule is CCS(=O)(=O)CCCSc1ccc(CN)cc1. The van der Waals surface area contributed by atoms with Gasteiger partial charge >= 0.3 is 0 Å². The zero-order chi connectivity index (χ0) is 12.7. The fraction of sp³-hybridized carbons (Fsp3) is 0.500. The Morgan fingerprint density at radius 2 is 1.88 bits per heavy atom. The van der Waals surface area contributed by atoms with E-state index >= 15 is 0 Å². The summed E-state index contributed by atoms with van der Waals surface area (Å²) < 4.78 is 22.5. The summed E-state index contributed by atoms with van der Waals surface area (Å²) in [4.78, 5) is 1.16. The molecule has 0 spiro atoms. The van der Waals surface area contributed by atoms with Crippen molar-refractivity contribution >= 4 is 21.6 Å². The molecule has 0 radical (unpaired) electrons.